The van der Waals surface area contributed by atoms with Crippen LogP contribution in [0.5, 0.6) is 0 Å². The topological polar surface area (TPSA) is 68.3 Å². The maximum atomic E-state index is 12.3. The minimum Gasteiger partial charge on any atom is -0.469 e. The first-order chi connectivity index (χ1) is 9.75. The van der Waals surface area contributed by atoms with E-state index >= 15 is 0 Å². The number of nitrogens with one attached hydrogen (secondary N) is 1. The molecule has 1 amide bonds. The summed E-state index contributed by atoms with van der Waals surface area (Å²) in [6.07, 6.45) is 4.58. The lowest BCUT2D eigenvalue weighted by Crippen LogP contribution is -2.37. The molecule has 2 aromatic rings. The molecular formula is C16H18N2O2. The van der Waals surface area contributed by atoms with E-state index in [-0.39, 0.29) is 11.9 Å². The zero-order valence-electron chi connectivity index (χ0n) is 11.2. The minimum atomic E-state index is -0.631. The molecular weight excluding hydrogens is 252 g/mol. The van der Waals surface area contributed by atoms with Gasteiger partial charge in [0.2, 0.25) is 5.91 Å². The molecule has 0 fully saturated rings. The summed E-state index contributed by atoms with van der Waals surface area (Å²) in [5, 5.41) is 3.04. The van der Waals surface area contributed by atoms with Gasteiger partial charge in [-0.1, -0.05) is 30.3 Å². The summed E-state index contributed by atoms with van der Waals surface area (Å²) >= 11 is 0. The van der Waals surface area contributed by atoms with Gasteiger partial charge in [0, 0.05) is 12.0 Å². The first kappa shape index (κ1) is 12.9. The van der Waals surface area contributed by atoms with Crippen molar-refractivity contribution in [1.82, 2.24) is 5.32 Å². The van der Waals surface area contributed by atoms with E-state index in [1.165, 1.54) is 0 Å². The maximum absolute atomic E-state index is 12.3. The highest BCUT2D eigenvalue weighted by atomic mass is 16.3. The second-order valence-electron chi connectivity index (χ2n) is 5.14. The van der Waals surface area contributed by atoms with Gasteiger partial charge in [0.15, 0.2) is 0 Å². The van der Waals surface area contributed by atoms with Crippen molar-refractivity contribution in [3.05, 3.63) is 59.5 Å². The monoisotopic (exact) mass is 270 g/mol. The van der Waals surface area contributed by atoms with Gasteiger partial charge in [-0.05, 0) is 24.5 Å². The normalized spacial score (nSPS) is 19.1. The summed E-state index contributed by atoms with van der Waals surface area (Å²) in [6.45, 7) is 0. The zero-order chi connectivity index (χ0) is 13.9. The average Bonchev–Trinajstić information content (AvgIpc) is 2.97. The second-order valence-corrected chi connectivity index (χ2v) is 5.14. The lowest BCUT2D eigenvalue weighted by Gasteiger charge is -2.24. The average molecular weight is 270 g/mol. The van der Waals surface area contributed by atoms with E-state index < -0.39 is 6.04 Å². The minimum absolute atomic E-state index is 0.0137. The summed E-state index contributed by atoms with van der Waals surface area (Å²) in [5.41, 5.74) is 7.93. The van der Waals surface area contributed by atoms with Crippen LogP contribution in [-0.4, -0.2) is 5.91 Å². The maximum Gasteiger partial charge on any atom is 0.241 e. The Bertz CT molecular complexity index is 592. The fourth-order valence-electron chi connectivity index (χ4n) is 2.71. The lowest BCUT2D eigenvalue weighted by molar-refractivity contribution is -0.123. The van der Waals surface area contributed by atoms with Crippen LogP contribution in [0.15, 0.2) is 47.1 Å². The van der Waals surface area contributed by atoms with Crippen LogP contribution in [0.25, 0.3) is 0 Å². The molecule has 0 saturated heterocycles. The molecule has 0 bridgehead atoms. The van der Waals surface area contributed by atoms with Crippen LogP contribution in [0.1, 0.15) is 41.8 Å². The Morgan fingerprint density at radius 3 is 2.90 bits per heavy atom. The third-order valence-electron chi connectivity index (χ3n) is 3.81. The van der Waals surface area contributed by atoms with Crippen molar-refractivity contribution >= 4 is 5.91 Å². The zero-order valence-corrected chi connectivity index (χ0v) is 11.2. The summed E-state index contributed by atoms with van der Waals surface area (Å²) < 4.78 is 5.43. The van der Waals surface area contributed by atoms with Crippen molar-refractivity contribution in [2.75, 3.05) is 0 Å². The van der Waals surface area contributed by atoms with Crippen molar-refractivity contribution < 1.29 is 9.21 Å². The molecule has 1 aromatic heterocycles. The Labute approximate surface area is 118 Å². The number of hydrogen-bond donors (Lipinski definition) is 2. The van der Waals surface area contributed by atoms with E-state index in [4.69, 9.17) is 10.2 Å². The molecule has 0 radical (unpaired) electrons. The van der Waals surface area contributed by atoms with Gasteiger partial charge < -0.3 is 15.5 Å². The number of benzene rings is 1. The van der Waals surface area contributed by atoms with Gasteiger partial charge in [0.1, 0.15) is 11.8 Å². The van der Waals surface area contributed by atoms with Crippen molar-refractivity contribution in [2.24, 2.45) is 5.73 Å². The number of carbonyl (C=O) groups excluding carboxylic acids is 1. The molecule has 3 rings (SSSR count). The number of rotatable bonds is 3. The molecule has 0 aliphatic heterocycles. The Morgan fingerprint density at radius 1 is 1.30 bits per heavy atom. The number of furan rings is 1. The smallest absolute Gasteiger partial charge is 0.241 e. The van der Waals surface area contributed by atoms with Crippen LogP contribution in [0.2, 0.25) is 0 Å². The standard InChI is InChI=1S/C16H18N2O2/c17-15(11-5-2-1-3-6-11)16(19)18-13-7-4-8-14-12(13)9-10-20-14/h1-3,5-6,9-10,13,15H,4,7-8,17H2,(H,18,19). The molecule has 1 aliphatic carbocycles. The number of carbonyl (C=O) groups is 1. The van der Waals surface area contributed by atoms with Gasteiger partial charge in [-0.2, -0.15) is 0 Å². The highest BCUT2D eigenvalue weighted by molar-refractivity contribution is 5.83. The predicted octanol–water partition coefficient (Wildman–Crippen LogP) is 2.47. The van der Waals surface area contributed by atoms with E-state index in [1.54, 1.807) is 6.26 Å². The third-order valence-corrected chi connectivity index (χ3v) is 3.81. The van der Waals surface area contributed by atoms with Gasteiger partial charge in [-0.15, -0.1) is 0 Å². The van der Waals surface area contributed by atoms with E-state index in [0.717, 1.165) is 36.1 Å². The number of hydrogen-bond acceptors (Lipinski definition) is 3. The number of aryl methyl sites for hydroxylation is 1. The van der Waals surface area contributed by atoms with Crippen LogP contribution in [0, 0.1) is 0 Å². The van der Waals surface area contributed by atoms with Gasteiger partial charge in [0.05, 0.1) is 12.3 Å². The van der Waals surface area contributed by atoms with Crippen molar-refractivity contribution in [2.45, 2.75) is 31.3 Å². The third kappa shape index (κ3) is 2.47. The number of nitrogens with two attached hydrogens (primary N) is 1. The SMILES string of the molecule is NC(C(=O)NC1CCCc2occc21)c1ccccc1. The van der Waals surface area contributed by atoms with E-state index in [1.807, 2.05) is 36.4 Å². The summed E-state index contributed by atoms with van der Waals surface area (Å²) in [7, 11) is 0. The molecule has 0 saturated carbocycles. The quantitative estimate of drug-likeness (QED) is 0.900. The fourth-order valence-corrected chi connectivity index (χ4v) is 2.71. The molecule has 20 heavy (non-hydrogen) atoms. The van der Waals surface area contributed by atoms with Gasteiger partial charge in [0.25, 0.3) is 0 Å². The van der Waals surface area contributed by atoms with Crippen molar-refractivity contribution in [3.8, 4) is 0 Å². The Balaban J connectivity index is 1.72. The number of fused-ring (bicyclic) bond motifs is 1. The van der Waals surface area contributed by atoms with Crippen molar-refractivity contribution in [1.29, 1.82) is 0 Å². The van der Waals surface area contributed by atoms with Crippen LogP contribution < -0.4 is 11.1 Å². The molecule has 4 nitrogen and oxygen atoms in total. The van der Waals surface area contributed by atoms with Crippen LogP contribution in [0.3, 0.4) is 0 Å². The van der Waals surface area contributed by atoms with E-state index in [2.05, 4.69) is 5.32 Å². The van der Waals surface area contributed by atoms with Crippen molar-refractivity contribution in [3.63, 3.8) is 0 Å². The molecule has 1 aliphatic rings. The van der Waals surface area contributed by atoms with Gasteiger partial charge in [-0.3, -0.25) is 4.79 Å². The first-order valence-corrected chi connectivity index (χ1v) is 6.93. The van der Waals surface area contributed by atoms with Crippen LogP contribution >= 0.6 is 0 Å². The largest absolute Gasteiger partial charge is 0.469 e. The molecule has 0 spiro atoms. The van der Waals surface area contributed by atoms with Crippen LogP contribution in [-0.2, 0) is 11.2 Å². The molecule has 2 atom stereocenters. The highest BCUT2D eigenvalue weighted by Gasteiger charge is 2.26. The molecule has 2 unspecified atom stereocenters. The first-order valence-electron chi connectivity index (χ1n) is 6.93. The second kappa shape index (κ2) is 5.51. The summed E-state index contributed by atoms with van der Waals surface area (Å²) in [4.78, 5) is 12.3. The highest BCUT2D eigenvalue weighted by Crippen LogP contribution is 2.30. The number of amides is 1. The van der Waals surface area contributed by atoms with Gasteiger partial charge in [-0.25, -0.2) is 0 Å². The van der Waals surface area contributed by atoms with E-state index in [0.29, 0.717) is 0 Å². The van der Waals surface area contributed by atoms with Crippen LogP contribution in [0.4, 0.5) is 0 Å². The molecule has 3 N–H and O–H groups in total. The Kier molecular flexibility index (Phi) is 3.56. The Morgan fingerprint density at radius 2 is 2.10 bits per heavy atom. The molecule has 1 aromatic carbocycles. The Hall–Kier alpha value is -2.07. The fraction of sp³-hybridized carbons (Fsp3) is 0.312. The summed E-state index contributed by atoms with van der Waals surface area (Å²) in [5.74, 6) is 0.838. The summed E-state index contributed by atoms with van der Waals surface area (Å²) in [6, 6.07) is 10.7. The lowest BCUT2D eigenvalue weighted by atomic mass is 9.93. The molecule has 104 valence electrons. The predicted molar refractivity (Wildman–Crippen MR) is 75.9 cm³/mol. The molecule has 1 heterocycles. The van der Waals surface area contributed by atoms with E-state index in [9.17, 15) is 4.79 Å². The molecule has 4 heteroatoms. The van der Waals surface area contributed by atoms with Gasteiger partial charge >= 0.3 is 0 Å².